The van der Waals surface area contributed by atoms with Gasteiger partial charge in [0.2, 0.25) is 5.91 Å². The summed E-state index contributed by atoms with van der Waals surface area (Å²) in [4.78, 5) is 13.6. The summed E-state index contributed by atoms with van der Waals surface area (Å²) in [5.74, 6) is -0.226. The van der Waals surface area contributed by atoms with E-state index in [9.17, 15) is 14.3 Å². The molecule has 3 rings (SSSR count). The molecule has 0 aliphatic carbocycles. The second-order valence-corrected chi connectivity index (χ2v) is 6.41. The molecule has 1 heterocycles. The minimum atomic E-state index is -0.898. The third-order valence-corrected chi connectivity index (χ3v) is 4.66. The number of nitrogens with one attached hydrogen (secondary N) is 1. The van der Waals surface area contributed by atoms with Crippen molar-refractivity contribution in [2.24, 2.45) is 0 Å². The van der Waals surface area contributed by atoms with Gasteiger partial charge in [-0.05, 0) is 37.1 Å². The topological polar surface area (TPSA) is 52.6 Å². The number of rotatable bonds is 6. The number of hydrogen-bond donors (Lipinski definition) is 2. The summed E-state index contributed by atoms with van der Waals surface area (Å²) in [5.41, 5.74) is 2.27. The van der Waals surface area contributed by atoms with Gasteiger partial charge in [-0.2, -0.15) is 0 Å². The lowest BCUT2D eigenvalue weighted by atomic mass is 10.1. The van der Waals surface area contributed by atoms with Crippen molar-refractivity contribution >= 4 is 11.6 Å². The molecule has 2 aromatic carbocycles. The normalized spacial score (nSPS) is 16.9. The van der Waals surface area contributed by atoms with Crippen molar-refractivity contribution in [3.05, 3.63) is 65.5 Å². The molecule has 1 aliphatic heterocycles. The van der Waals surface area contributed by atoms with E-state index in [1.807, 2.05) is 36.1 Å². The molecule has 4 nitrogen and oxygen atoms in total. The van der Waals surface area contributed by atoms with E-state index >= 15 is 0 Å². The number of carbonyl (C=O) groups is 1. The number of halogens is 1. The van der Waals surface area contributed by atoms with Gasteiger partial charge in [-0.25, -0.2) is 4.39 Å². The van der Waals surface area contributed by atoms with Gasteiger partial charge in [0.15, 0.2) is 0 Å². The second-order valence-electron chi connectivity index (χ2n) is 6.41. The van der Waals surface area contributed by atoms with Crippen LogP contribution < -0.4 is 10.2 Å². The van der Waals surface area contributed by atoms with Gasteiger partial charge in [0.1, 0.15) is 5.82 Å². The van der Waals surface area contributed by atoms with Gasteiger partial charge in [0, 0.05) is 36.8 Å². The molecule has 0 spiro atoms. The Morgan fingerprint density at radius 2 is 1.92 bits per heavy atom. The highest BCUT2D eigenvalue weighted by Crippen LogP contribution is 2.24. The van der Waals surface area contributed by atoms with Crippen LogP contribution in [-0.2, 0) is 4.79 Å². The van der Waals surface area contributed by atoms with Crippen LogP contribution in [0.25, 0.3) is 0 Å². The lowest BCUT2D eigenvalue weighted by molar-refractivity contribution is -0.117. The maximum atomic E-state index is 13.7. The zero-order valence-corrected chi connectivity index (χ0v) is 14.3. The first-order valence-corrected chi connectivity index (χ1v) is 8.62. The predicted molar refractivity (Wildman–Crippen MR) is 95.8 cm³/mol. The highest BCUT2D eigenvalue weighted by molar-refractivity contribution is 5.95. The van der Waals surface area contributed by atoms with Crippen LogP contribution in [0.1, 0.15) is 43.0 Å². The first kappa shape index (κ1) is 17.6. The predicted octanol–water partition coefficient (Wildman–Crippen LogP) is 3.34. The van der Waals surface area contributed by atoms with Gasteiger partial charge in [0.05, 0.1) is 6.10 Å². The maximum Gasteiger partial charge on any atom is 0.227 e. The maximum absolute atomic E-state index is 13.7. The minimum absolute atomic E-state index is 0.00440. The van der Waals surface area contributed by atoms with Crippen molar-refractivity contribution in [2.45, 2.75) is 31.9 Å². The molecule has 0 radical (unpaired) electrons. The molecule has 1 fully saturated rings. The Hall–Kier alpha value is -2.24. The summed E-state index contributed by atoms with van der Waals surface area (Å²) < 4.78 is 13.7. The Kier molecular flexibility index (Phi) is 5.46. The number of hydrogen-bond acceptors (Lipinski definition) is 3. The van der Waals surface area contributed by atoms with E-state index < -0.39 is 11.9 Å². The van der Waals surface area contributed by atoms with Crippen LogP contribution in [0.2, 0.25) is 0 Å². The number of nitrogens with zero attached hydrogens (tertiary/aromatic N) is 1. The van der Waals surface area contributed by atoms with Crippen LogP contribution in [0.4, 0.5) is 10.1 Å². The fourth-order valence-corrected chi connectivity index (χ4v) is 3.13. The highest BCUT2D eigenvalue weighted by atomic mass is 19.1. The summed E-state index contributed by atoms with van der Waals surface area (Å²) in [6.07, 6.45) is 0.630. The van der Waals surface area contributed by atoms with Crippen molar-refractivity contribution in [2.75, 3.05) is 18.0 Å². The summed E-state index contributed by atoms with van der Waals surface area (Å²) in [6.45, 7) is 3.03. The standard InChI is InChI=1S/C20H23FN2O2/c1-14(22-13-19(24)17-5-2-3-6-18(17)21)15-8-10-16(11-9-15)23-12-4-7-20(23)25/h2-3,5-6,8-11,14,19,22,24H,4,7,12-13H2,1H3. The molecule has 1 aliphatic rings. The second kappa shape index (κ2) is 7.76. The van der Waals surface area contributed by atoms with Gasteiger partial charge < -0.3 is 15.3 Å². The number of benzene rings is 2. The lowest BCUT2D eigenvalue weighted by Gasteiger charge is -2.20. The molecule has 2 atom stereocenters. The van der Waals surface area contributed by atoms with Crippen molar-refractivity contribution in [1.82, 2.24) is 5.32 Å². The van der Waals surface area contributed by atoms with E-state index in [4.69, 9.17) is 0 Å². The molecule has 1 saturated heterocycles. The van der Waals surface area contributed by atoms with Crippen LogP contribution in [0, 0.1) is 5.82 Å². The van der Waals surface area contributed by atoms with Gasteiger partial charge in [-0.1, -0.05) is 30.3 Å². The molecular weight excluding hydrogens is 319 g/mol. The van der Waals surface area contributed by atoms with Crippen molar-refractivity contribution in [3.63, 3.8) is 0 Å². The largest absolute Gasteiger partial charge is 0.387 e. The van der Waals surface area contributed by atoms with Crippen LogP contribution in [0.5, 0.6) is 0 Å². The zero-order chi connectivity index (χ0) is 17.8. The molecule has 0 saturated carbocycles. The molecular formula is C20H23FN2O2. The van der Waals surface area contributed by atoms with Crippen molar-refractivity contribution in [1.29, 1.82) is 0 Å². The van der Waals surface area contributed by atoms with Gasteiger partial charge >= 0.3 is 0 Å². The number of aliphatic hydroxyl groups excluding tert-OH is 1. The Labute approximate surface area is 147 Å². The monoisotopic (exact) mass is 342 g/mol. The van der Waals surface area contributed by atoms with E-state index in [1.54, 1.807) is 18.2 Å². The Morgan fingerprint density at radius 1 is 1.20 bits per heavy atom. The zero-order valence-electron chi connectivity index (χ0n) is 14.3. The third-order valence-electron chi connectivity index (χ3n) is 4.66. The van der Waals surface area contributed by atoms with E-state index in [-0.39, 0.29) is 18.5 Å². The lowest BCUT2D eigenvalue weighted by Crippen LogP contribution is -2.26. The summed E-state index contributed by atoms with van der Waals surface area (Å²) in [7, 11) is 0. The average molecular weight is 342 g/mol. The molecule has 0 aromatic heterocycles. The number of aliphatic hydroxyl groups is 1. The van der Waals surface area contributed by atoms with E-state index in [2.05, 4.69) is 5.32 Å². The SMILES string of the molecule is CC(NCC(O)c1ccccc1F)c1ccc(N2CCCC2=O)cc1. The Balaban J connectivity index is 1.59. The van der Waals surface area contributed by atoms with Gasteiger partial charge in [0.25, 0.3) is 0 Å². The minimum Gasteiger partial charge on any atom is -0.387 e. The van der Waals surface area contributed by atoms with Gasteiger partial charge in [-0.3, -0.25) is 4.79 Å². The van der Waals surface area contributed by atoms with E-state index in [0.717, 1.165) is 24.2 Å². The molecule has 0 bridgehead atoms. The number of carbonyl (C=O) groups excluding carboxylic acids is 1. The first-order valence-electron chi connectivity index (χ1n) is 8.62. The molecule has 1 amide bonds. The van der Waals surface area contributed by atoms with Gasteiger partial charge in [-0.15, -0.1) is 0 Å². The van der Waals surface area contributed by atoms with Crippen LogP contribution in [0.15, 0.2) is 48.5 Å². The Bertz CT molecular complexity index is 733. The van der Waals surface area contributed by atoms with Crippen molar-refractivity contribution < 1.29 is 14.3 Å². The van der Waals surface area contributed by atoms with E-state index in [0.29, 0.717) is 12.0 Å². The fraction of sp³-hybridized carbons (Fsp3) is 0.350. The molecule has 25 heavy (non-hydrogen) atoms. The smallest absolute Gasteiger partial charge is 0.227 e. The molecule has 2 aromatic rings. The van der Waals surface area contributed by atoms with E-state index in [1.165, 1.54) is 6.07 Å². The summed E-state index contributed by atoms with van der Waals surface area (Å²) in [6, 6.07) is 14.1. The number of anilines is 1. The highest BCUT2D eigenvalue weighted by Gasteiger charge is 2.21. The van der Waals surface area contributed by atoms with Crippen LogP contribution in [0.3, 0.4) is 0 Å². The number of amides is 1. The Morgan fingerprint density at radius 3 is 2.56 bits per heavy atom. The van der Waals surface area contributed by atoms with Crippen LogP contribution in [-0.4, -0.2) is 24.1 Å². The fourth-order valence-electron chi connectivity index (χ4n) is 3.13. The molecule has 5 heteroatoms. The first-order chi connectivity index (χ1) is 12.1. The van der Waals surface area contributed by atoms with Crippen LogP contribution >= 0.6 is 0 Å². The molecule has 132 valence electrons. The summed E-state index contributed by atoms with van der Waals surface area (Å²) >= 11 is 0. The molecule has 2 N–H and O–H groups in total. The third kappa shape index (κ3) is 4.06. The van der Waals surface area contributed by atoms with Crippen molar-refractivity contribution in [3.8, 4) is 0 Å². The quantitative estimate of drug-likeness (QED) is 0.847. The molecule has 2 unspecified atom stereocenters. The summed E-state index contributed by atoms with van der Waals surface area (Å²) in [5, 5.41) is 13.4. The average Bonchev–Trinajstić information content (AvgIpc) is 3.06.